The van der Waals surface area contributed by atoms with E-state index in [1.165, 1.54) is 13.2 Å². The second-order valence-electron chi connectivity index (χ2n) is 3.88. The molecule has 0 fully saturated rings. The molecule has 0 aliphatic heterocycles. The average Bonchev–Trinajstić information content (AvgIpc) is 2.55. The van der Waals surface area contributed by atoms with E-state index in [2.05, 4.69) is 42.4 Å². The summed E-state index contributed by atoms with van der Waals surface area (Å²) >= 11 is 0. The van der Waals surface area contributed by atoms with Crippen molar-refractivity contribution < 1.29 is 19.1 Å². The van der Waals surface area contributed by atoms with E-state index in [0.717, 1.165) is 12.8 Å². The maximum absolute atomic E-state index is 10.3. The van der Waals surface area contributed by atoms with E-state index < -0.39 is 0 Å². The molecular weight excluding hydrogens is 292 g/mol. The highest BCUT2D eigenvalue weighted by Crippen LogP contribution is 1.88. The van der Waals surface area contributed by atoms with Gasteiger partial charge < -0.3 is 9.47 Å². The summed E-state index contributed by atoms with van der Waals surface area (Å²) in [6.45, 7) is 22.8. The quantitative estimate of drug-likeness (QED) is 0.231. The molecule has 0 aromatic rings. The van der Waals surface area contributed by atoms with Crippen LogP contribution in [0.2, 0.25) is 0 Å². The summed E-state index contributed by atoms with van der Waals surface area (Å²) in [5, 5.41) is 0. The van der Waals surface area contributed by atoms with Crippen LogP contribution in [-0.4, -0.2) is 25.7 Å². The van der Waals surface area contributed by atoms with Gasteiger partial charge in [-0.25, -0.2) is 9.59 Å². The minimum absolute atomic E-state index is 0.330. The first-order chi connectivity index (χ1) is 10.8. The lowest BCUT2D eigenvalue weighted by Gasteiger charge is -1.97. The van der Waals surface area contributed by atoms with Crippen LogP contribution in [0.1, 0.15) is 33.6 Å². The summed E-state index contributed by atoms with van der Waals surface area (Å²) in [6, 6.07) is 0. The first-order valence-corrected chi connectivity index (χ1v) is 7.16. The Hall–Kier alpha value is -2.36. The average molecular weight is 324 g/mol. The predicted octanol–water partition coefficient (Wildman–Crippen LogP) is 4.80. The number of carbonyl (C=O) groups is 2. The van der Waals surface area contributed by atoms with E-state index in [0.29, 0.717) is 12.2 Å². The largest absolute Gasteiger partial charge is 0.466 e. The van der Waals surface area contributed by atoms with Crippen molar-refractivity contribution in [1.82, 2.24) is 0 Å². The molecule has 0 aromatic heterocycles. The Morgan fingerprint density at radius 1 is 1.09 bits per heavy atom. The van der Waals surface area contributed by atoms with Gasteiger partial charge in [0.05, 0.1) is 13.7 Å². The minimum atomic E-state index is -0.347. The molecule has 0 radical (unpaired) electrons. The standard InChI is InChI=1S/C7H12O2.C5H8O2.C4H6.C3H6/c1-3-5-6-9-7(8)4-2;1-4(2)5(6)7-3;1-3-4-2;1-3-2/h4H,2-3,5-6H2,1H3;1H2,2-3H3;3-4H,1-2H2;3H,1H2,2H3. The molecule has 0 atom stereocenters. The molecule has 0 N–H and O–H groups in total. The molecule has 0 spiro atoms. The third-order valence-corrected chi connectivity index (χ3v) is 1.61. The van der Waals surface area contributed by atoms with Gasteiger partial charge in [0.15, 0.2) is 0 Å². The Bertz CT molecular complexity index is 348. The molecular formula is C19H32O4. The molecule has 0 bridgehead atoms. The summed E-state index contributed by atoms with van der Waals surface area (Å²) in [6.07, 6.45) is 8.18. The normalized spacial score (nSPS) is 7.13. The highest BCUT2D eigenvalue weighted by Gasteiger charge is 1.95. The van der Waals surface area contributed by atoms with Crippen LogP contribution in [0.4, 0.5) is 0 Å². The van der Waals surface area contributed by atoms with Gasteiger partial charge in [0.2, 0.25) is 0 Å². The van der Waals surface area contributed by atoms with Gasteiger partial charge in [-0.05, 0) is 20.3 Å². The molecule has 4 heteroatoms. The van der Waals surface area contributed by atoms with Crippen molar-refractivity contribution >= 4 is 11.9 Å². The molecule has 4 nitrogen and oxygen atoms in total. The Morgan fingerprint density at radius 3 is 1.70 bits per heavy atom. The molecule has 0 aromatic carbocycles. The van der Waals surface area contributed by atoms with E-state index in [4.69, 9.17) is 0 Å². The maximum Gasteiger partial charge on any atom is 0.332 e. The van der Waals surface area contributed by atoms with E-state index in [9.17, 15) is 9.59 Å². The zero-order chi connectivity index (χ0) is 19.1. The fourth-order valence-corrected chi connectivity index (χ4v) is 0.550. The molecule has 23 heavy (non-hydrogen) atoms. The van der Waals surface area contributed by atoms with Gasteiger partial charge in [0.25, 0.3) is 0 Å². The smallest absolute Gasteiger partial charge is 0.332 e. The number of ether oxygens (including phenoxy) is 2. The summed E-state index contributed by atoms with van der Waals surface area (Å²) in [7, 11) is 1.33. The summed E-state index contributed by atoms with van der Waals surface area (Å²) in [5.41, 5.74) is 0.433. The van der Waals surface area contributed by atoms with E-state index in [-0.39, 0.29) is 11.9 Å². The van der Waals surface area contributed by atoms with Gasteiger partial charge >= 0.3 is 11.9 Å². The van der Waals surface area contributed by atoms with Gasteiger partial charge in [-0.1, -0.05) is 57.9 Å². The van der Waals surface area contributed by atoms with Gasteiger partial charge in [-0.2, -0.15) is 0 Å². The molecule has 0 aliphatic rings. The molecule has 0 saturated carbocycles. The molecule has 0 unspecified atom stereocenters. The third-order valence-electron chi connectivity index (χ3n) is 1.61. The fraction of sp³-hybridized carbons (Fsp3) is 0.368. The maximum atomic E-state index is 10.3. The molecule has 0 saturated heterocycles. The van der Waals surface area contributed by atoms with Gasteiger partial charge in [-0.3, -0.25) is 0 Å². The van der Waals surface area contributed by atoms with Crippen molar-refractivity contribution in [2.24, 2.45) is 0 Å². The second-order valence-corrected chi connectivity index (χ2v) is 3.88. The summed E-state index contributed by atoms with van der Waals surface area (Å²) in [4.78, 5) is 20.5. The number of carbonyl (C=O) groups excluding carboxylic acids is 2. The first kappa shape index (κ1) is 28.8. The number of hydrogen-bond donors (Lipinski definition) is 0. The van der Waals surface area contributed by atoms with Gasteiger partial charge in [0.1, 0.15) is 0 Å². The molecule has 132 valence electrons. The van der Waals surface area contributed by atoms with Crippen LogP contribution in [0.25, 0.3) is 0 Å². The number of rotatable bonds is 6. The van der Waals surface area contributed by atoms with Crippen molar-refractivity contribution in [1.29, 1.82) is 0 Å². The molecule has 0 rings (SSSR count). The lowest BCUT2D eigenvalue weighted by molar-refractivity contribution is -0.138. The Balaban J connectivity index is -0.000000114. The molecule has 0 heterocycles. The van der Waals surface area contributed by atoms with Crippen molar-refractivity contribution in [2.45, 2.75) is 33.6 Å². The van der Waals surface area contributed by atoms with Crippen molar-refractivity contribution in [3.8, 4) is 0 Å². The third kappa shape index (κ3) is 45.1. The van der Waals surface area contributed by atoms with Crippen LogP contribution in [-0.2, 0) is 19.1 Å². The van der Waals surface area contributed by atoms with E-state index in [1.807, 2.05) is 13.8 Å². The van der Waals surface area contributed by atoms with Crippen LogP contribution in [0.15, 0.2) is 62.8 Å². The Morgan fingerprint density at radius 2 is 1.52 bits per heavy atom. The van der Waals surface area contributed by atoms with E-state index >= 15 is 0 Å². The highest BCUT2D eigenvalue weighted by molar-refractivity contribution is 5.86. The lowest BCUT2D eigenvalue weighted by Crippen LogP contribution is -2.00. The van der Waals surface area contributed by atoms with Gasteiger partial charge in [0, 0.05) is 11.6 Å². The number of methoxy groups -OCH3 is 1. The van der Waals surface area contributed by atoms with Crippen LogP contribution < -0.4 is 0 Å². The lowest BCUT2D eigenvalue weighted by atomic mass is 10.4. The summed E-state index contributed by atoms with van der Waals surface area (Å²) in [5.74, 6) is -0.677. The topological polar surface area (TPSA) is 52.6 Å². The first-order valence-electron chi connectivity index (χ1n) is 7.16. The highest BCUT2D eigenvalue weighted by atomic mass is 16.5. The fourth-order valence-electron chi connectivity index (χ4n) is 0.550. The van der Waals surface area contributed by atoms with Crippen LogP contribution in [0, 0.1) is 0 Å². The van der Waals surface area contributed by atoms with Crippen molar-refractivity contribution in [3.05, 3.63) is 62.8 Å². The van der Waals surface area contributed by atoms with Crippen LogP contribution in [0.3, 0.4) is 0 Å². The van der Waals surface area contributed by atoms with Crippen LogP contribution >= 0.6 is 0 Å². The minimum Gasteiger partial charge on any atom is -0.466 e. The molecule has 0 amide bonds. The van der Waals surface area contributed by atoms with Gasteiger partial charge in [-0.15, -0.1) is 6.58 Å². The number of unbranched alkanes of at least 4 members (excludes halogenated alkanes) is 1. The molecule has 0 aliphatic carbocycles. The number of hydrogen-bond acceptors (Lipinski definition) is 4. The second kappa shape index (κ2) is 27.9. The van der Waals surface area contributed by atoms with Crippen LogP contribution in [0.5, 0.6) is 0 Å². The predicted molar refractivity (Wildman–Crippen MR) is 99.2 cm³/mol. The Labute approximate surface area is 141 Å². The SMILES string of the molecule is C=C(C)C(=O)OC.C=CC.C=CC(=O)OCCCC.C=CC=C. The van der Waals surface area contributed by atoms with Crippen molar-refractivity contribution in [3.63, 3.8) is 0 Å². The van der Waals surface area contributed by atoms with E-state index in [1.54, 1.807) is 25.2 Å². The Kier molecular flexibility index (Phi) is 34.9. The zero-order valence-corrected chi connectivity index (χ0v) is 15.1. The zero-order valence-electron chi connectivity index (χ0n) is 15.1. The number of esters is 2. The summed E-state index contributed by atoms with van der Waals surface area (Å²) < 4.78 is 8.95. The monoisotopic (exact) mass is 324 g/mol. The number of allylic oxidation sites excluding steroid dienone is 3. The van der Waals surface area contributed by atoms with Crippen molar-refractivity contribution in [2.75, 3.05) is 13.7 Å².